The minimum Gasteiger partial charge on any atom is -0.329 e. The molecule has 3 aromatic rings. The highest BCUT2D eigenvalue weighted by atomic mass is 19.1. The predicted molar refractivity (Wildman–Crippen MR) is 164 cm³/mol. The Morgan fingerprint density at radius 2 is 1.79 bits per heavy atom. The maximum atomic E-state index is 15.9. The van der Waals surface area contributed by atoms with Crippen molar-refractivity contribution in [2.24, 2.45) is 5.92 Å². The number of hydrogen-bond acceptors (Lipinski definition) is 2. The highest BCUT2D eigenvalue weighted by Gasteiger charge is 2.27. The smallest absolute Gasteiger partial charge is 0.140 e. The molecule has 1 fully saturated rings. The van der Waals surface area contributed by atoms with Gasteiger partial charge in [-0.25, -0.2) is 9.37 Å². The fourth-order valence-corrected chi connectivity index (χ4v) is 5.62. The second-order valence-electron chi connectivity index (χ2n) is 10.7. The van der Waals surface area contributed by atoms with E-state index in [9.17, 15) is 0 Å². The molecule has 0 saturated heterocycles. The summed E-state index contributed by atoms with van der Waals surface area (Å²) >= 11 is 0. The van der Waals surface area contributed by atoms with Gasteiger partial charge >= 0.3 is 0 Å². The minimum atomic E-state index is -0.194. The number of benzene rings is 1. The molecular formula is C34H46FN3. The molecule has 1 aliphatic rings. The van der Waals surface area contributed by atoms with Gasteiger partial charge in [-0.1, -0.05) is 64.8 Å². The highest BCUT2D eigenvalue weighted by Crippen LogP contribution is 2.42. The van der Waals surface area contributed by atoms with Gasteiger partial charge in [-0.2, -0.15) is 0 Å². The van der Waals surface area contributed by atoms with E-state index in [1.807, 2.05) is 40.8 Å². The second kappa shape index (κ2) is 13.2. The third-order valence-electron chi connectivity index (χ3n) is 7.38. The van der Waals surface area contributed by atoms with E-state index >= 15 is 4.39 Å². The predicted octanol–water partition coefficient (Wildman–Crippen LogP) is 10.4. The lowest BCUT2D eigenvalue weighted by atomic mass is 9.92. The van der Waals surface area contributed by atoms with Crippen LogP contribution in [-0.4, -0.2) is 15.3 Å². The van der Waals surface area contributed by atoms with Gasteiger partial charge < -0.3 is 9.98 Å². The van der Waals surface area contributed by atoms with Crippen LogP contribution in [-0.2, 0) is 6.42 Å². The number of pyridine rings is 1. The lowest BCUT2D eigenvalue weighted by Crippen LogP contribution is -2.08. The van der Waals surface area contributed by atoms with Crippen LogP contribution in [0.2, 0.25) is 0 Å². The summed E-state index contributed by atoms with van der Waals surface area (Å²) in [5.74, 6) is 0.441. The van der Waals surface area contributed by atoms with Crippen molar-refractivity contribution in [1.29, 1.82) is 5.41 Å². The van der Waals surface area contributed by atoms with Crippen molar-refractivity contribution in [3.8, 4) is 11.1 Å². The summed E-state index contributed by atoms with van der Waals surface area (Å²) in [5.41, 5.74) is 7.83. The van der Waals surface area contributed by atoms with Crippen LogP contribution in [0.1, 0.15) is 110 Å². The van der Waals surface area contributed by atoms with Crippen LogP contribution in [0.3, 0.4) is 0 Å². The number of allylic oxidation sites excluding steroid dienone is 2. The molecule has 2 heterocycles. The topological polar surface area (TPSA) is 41.7 Å². The van der Waals surface area contributed by atoms with Crippen LogP contribution in [0.4, 0.5) is 4.39 Å². The maximum absolute atomic E-state index is 15.9. The van der Waals surface area contributed by atoms with Crippen molar-refractivity contribution >= 4 is 28.4 Å². The van der Waals surface area contributed by atoms with Gasteiger partial charge in [0.15, 0.2) is 0 Å². The number of nitrogens with zero attached hydrogens (tertiary/aromatic N) is 2. The van der Waals surface area contributed by atoms with Crippen molar-refractivity contribution < 1.29 is 4.39 Å². The summed E-state index contributed by atoms with van der Waals surface area (Å²) in [6.45, 7) is 18.2. The second-order valence-corrected chi connectivity index (χ2v) is 10.7. The molecule has 0 amide bonds. The van der Waals surface area contributed by atoms with Gasteiger partial charge in [-0.05, 0) is 82.1 Å². The molecule has 4 rings (SSSR count). The zero-order valence-electron chi connectivity index (χ0n) is 24.5. The van der Waals surface area contributed by atoms with Gasteiger partial charge in [0, 0.05) is 51.8 Å². The van der Waals surface area contributed by atoms with Gasteiger partial charge in [0.1, 0.15) is 11.5 Å². The molecule has 0 spiro atoms. The quantitative estimate of drug-likeness (QED) is 0.254. The van der Waals surface area contributed by atoms with E-state index in [0.29, 0.717) is 23.2 Å². The van der Waals surface area contributed by atoms with Gasteiger partial charge in [0.05, 0.1) is 0 Å². The molecule has 1 N–H and O–H groups in total. The average molecular weight is 516 g/mol. The van der Waals surface area contributed by atoms with Crippen LogP contribution in [0.5, 0.6) is 0 Å². The summed E-state index contributed by atoms with van der Waals surface area (Å²) < 4.78 is 18.2. The number of rotatable bonds is 11. The Morgan fingerprint density at radius 1 is 1.13 bits per heavy atom. The third-order valence-corrected chi connectivity index (χ3v) is 7.38. The van der Waals surface area contributed by atoms with Crippen molar-refractivity contribution in [2.45, 2.75) is 99.5 Å². The molecule has 2 aromatic heterocycles. The Kier molecular flexibility index (Phi) is 10.2. The third kappa shape index (κ3) is 6.34. The molecule has 4 heteroatoms. The maximum Gasteiger partial charge on any atom is 0.140 e. The van der Waals surface area contributed by atoms with Crippen molar-refractivity contribution in [1.82, 2.24) is 9.55 Å². The molecule has 1 aliphatic carbocycles. The van der Waals surface area contributed by atoms with Gasteiger partial charge in [-0.3, -0.25) is 0 Å². The SMILES string of the molecule is C=Cc1cc(F)c(-c2cn(C(CCC)CCC)c3ncc(C(C(C)=N)=C(C)C)cc23)c(CC2CC2)c1.CC. The zero-order chi connectivity index (χ0) is 28.0. The molecular weight excluding hydrogens is 469 g/mol. The Morgan fingerprint density at radius 3 is 2.32 bits per heavy atom. The minimum absolute atomic E-state index is 0.194. The van der Waals surface area contributed by atoms with Crippen LogP contribution < -0.4 is 0 Å². The van der Waals surface area contributed by atoms with Crippen LogP contribution in [0.25, 0.3) is 33.8 Å². The average Bonchev–Trinajstić information content (AvgIpc) is 3.63. The van der Waals surface area contributed by atoms with Crippen molar-refractivity contribution in [2.75, 3.05) is 0 Å². The first kappa shape index (κ1) is 29.5. The van der Waals surface area contributed by atoms with E-state index in [0.717, 1.165) is 76.5 Å². The number of nitrogens with one attached hydrogen (secondary N) is 1. The van der Waals surface area contributed by atoms with Gasteiger partial charge in [-0.15, -0.1) is 0 Å². The number of hydrogen-bond donors (Lipinski definition) is 1. The molecule has 0 radical (unpaired) electrons. The molecule has 1 aromatic carbocycles. The van der Waals surface area contributed by atoms with E-state index in [-0.39, 0.29) is 5.82 Å². The number of halogens is 1. The monoisotopic (exact) mass is 515 g/mol. The molecule has 0 unspecified atom stereocenters. The van der Waals surface area contributed by atoms with Gasteiger partial charge in [0.25, 0.3) is 0 Å². The first-order chi connectivity index (χ1) is 18.3. The summed E-state index contributed by atoms with van der Waals surface area (Å²) in [5, 5.41) is 9.33. The Bertz CT molecular complexity index is 1310. The molecule has 38 heavy (non-hydrogen) atoms. The highest BCUT2D eigenvalue weighted by molar-refractivity contribution is 6.22. The summed E-state index contributed by atoms with van der Waals surface area (Å²) in [4.78, 5) is 4.96. The Balaban J connectivity index is 0.00000195. The van der Waals surface area contributed by atoms with Crippen LogP contribution in [0, 0.1) is 17.1 Å². The van der Waals surface area contributed by atoms with E-state index in [2.05, 4.69) is 43.3 Å². The Hall–Kier alpha value is -3.01. The normalized spacial score (nSPS) is 12.9. The van der Waals surface area contributed by atoms with E-state index < -0.39 is 0 Å². The van der Waals surface area contributed by atoms with E-state index in [1.54, 1.807) is 12.1 Å². The largest absolute Gasteiger partial charge is 0.329 e. The van der Waals surface area contributed by atoms with E-state index in [1.165, 1.54) is 12.8 Å². The standard InChI is InChI=1S/C32H40FN3.C2H6/c1-7-10-26(11-8-2)36-19-28(27-17-25(18-35-32(27)36)30(20(4)5)21(6)34)31-24(15-23-12-13-23)14-22(9-3)16-29(31)33;1-2/h9,14,16-19,23,26,34H,3,7-8,10-13,15H2,1-2,4-6H3;1-2H3. The van der Waals surface area contributed by atoms with Crippen molar-refractivity contribution in [3.05, 3.63) is 65.3 Å². The van der Waals surface area contributed by atoms with Gasteiger partial charge in [0.2, 0.25) is 0 Å². The summed E-state index contributed by atoms with van der Waals surface area (Å²) in [6, 6.07) is 6.18. The lowest BCUT2D eigenvalue weighted by molar-refractivity contribution is 0.436. The fraction of sp³-hybridized carbons (Fsp3) is 0.471. The Labute approximate surface area is 229 Å². The van der Waals surface area contributed by atoms with Crippen LogP contribution >= 0.6 is 0 Å². The molecule has 0 atom stereocenters. The molecule has 3 nitrogen and oxygen atoms in total. The zero-order valence-corrected chi connectivity index (χ0v) is 24.5. The van der Waals surface area contributed by atoms with Crippen molar-refractivity contribution in [3.63, 3.8) is 0 Å². The fourth-order valence-electron chi connectivity index (χ4n) is 5.62. The lowest BCUT2D eigenvalue weighted by Gasteiger charge is -2.18. The number of aromatic nitrogens is 2. The summed E-state index contributed by atoms with van der Waals surface area (Å²) in [7, 11) is 0. The molecule has 0 bridgehead atoms. The first-order valence-corrected chi connectivity index (χ1v) is 14.5. The molecule has 1 saturated carbocycles. The molecule has 0 aliphatic heterocycles. The molecule has 204 valence electrons. The first-order valence-electron chi connectivity index (χ1n) is 14.5. The summed E-state index contributed by atoms with van der Waals surface area (Å²) in [6.07, 6.45) is 13.4. The number of fused-ring (bicyclic) bond motifs is 1. The van der Waals surface area contributed by atoms with E-state index in [4.69, 9.17) is 10.4 Å². The van der Waals surface area contributed by atoms with Crippen LogP contribution in [0.15, 0.2) is 42.7 Å².